The Labute approximate surface area is 107 Å². The minimum Gasteiger partial charge on any atom is -0.381 e. The highest BCUT2D eigenvalue weighted by Crippen LogP contribution is 2.23. The highest BCUT2D eigenvalue weighted by molar-refractivity contribution is 4.95. The average Bonchev–Trinajstić information content (AvgIpc) is 2.89. The van der Waals surface area contributed by atoms with E-state index in [4.69, 9.17) is 9.26 Å². The van der Waals surface area contributed by atoms with Gasteiger partial charge < -0.3 is 14.6 Å². The molecule has 3 rings (SSSR count). The van der Waals surface area contributed by atoms with Crippen molar-refractivity contribution >= 4 is 0 Å². The van der Waals surface area contributed by atoms with Gasteiger partial charge in [0.2, 0.25) is 5.89 Å². The minimum absolute atomic E-state index is 0.294. The molecule has 0 radical (unpaired) electrons. The molecule has 1 aromatic heterocycles. The monoisotopic (exact) mass is 252 g/mol. The second kappa shape index (κ2) is 5.77. The van der Waals surface area contributed by atoms with Gasteiger partial charge in [0.25, 0.3) is 0 Å². The summed E-state index contributed by atoms with van der Waals surface area (Å²) in [6.45, 7) is 6.56. The summed E-state index contributed by atoms with van der Waals surface area (Å²) in [4.78, 5) is 6.86. The number of nitrogens with zero attached hydrogens (tertiary/aromatic N) is 3. The Bertz CT molecular complexity index is 370. The van der Waals surface area contributed by atoms with Gasteiger partial charge in [0.1, 0.15) is 0 Å². The summed E-state index contributed by atoms with van der Waals surface area (Å²) in [5.41, 5.74) is 0. The van der Waals surface area contributed by atoms with E-state index in [0.29, 0.717) is 5.92 Å². The lowest BCUT2D eigenvalue weighted by Gasteiger charge is -2.25. The number of aromatic nitrogens is 2. The van der Waals surface area contributed by atoms with Gasteiger partial charge in [0.15, 0.2) is 5.82 Å². The minimum atomic E-state index is 0.294. The van der Waals surface area contributed by atoms with E-state index in [9.17, 15) is 0 Å². The Balaban J connectivity index is 1.58. The topological polar surface area (TPSA) is 63.4 Å². The van der Waals surface area contributed by atoms with Crippen LogP contribution in [-0.2, 0) is 11.3 Å². The largest absolute Gasteiger partial charge is 0.381 e. The Hall–Kier alpha value is -0.980. The standard InChI is InChI=1S/C12H20N4O2/c1-2-10(9-17-7-1)12-14-11(15-18-12)8-16-5-3-13-4-6-16/h10,13H,1-9H2. The average molecular weight is 252 g/mol. The van der Waals surface area contributed by atoms with E-state index in [1.165, 1.54) is 0 Å². The Kier molecular flexibility index (Phi) is 3.87. The SMILES string of the molecule is C1COCC(c2nc(CN3CCNCC3)no2)C1. The highest BCUT2D eigenvalue weighted by atomic mass is 16.5. The second-order valence-electron chi connectivity index (χ2n) is 4.99. The lowest BCUT2D eigenvalue weighted by Crippen LogP contribution is -2.43. The Morgan fingerprint density at radius 2 is 2.22 bits per heavy atom. The number of ether oxygens (including phenoxy) is 1. The van der Waals surface area contributed by atoms with Gasteiger partial charge in [-0.25, -0.2) is 0 Å². The van der Waals surface area contributed by atoms with E-state index >= 15 is 0 Å². The van der Waals surface area contributed by atoms with E-state index in [1.54, 1.807) is 0 Å². The van der Waals surface area contributed by atoms with E-state index in [-0.39, 0.29) is 0 Å². The van der Waals surface area contributed by atoms with Crippen molar-refractivity contribution in [1.29, 1.82) is 0 Å². The van der Waals surface area contributed by atoms with Crippen molar-refractivity contribution in [3.05, 3.63) is 11.7 Å². The Morgan fingerprint density at radius 3 is 3.00 bits per heavy atom. The number of hydrogen-bond donors (Lipinski definition) is 1. The van der Waals surface area contributed by atoms with Crippen LogP contribution in [0.4, 0.5) is 0 Å². The van der Waals surface area contributed by atoms with Gasteiger partial charge in [0, 0.05) is 32.8 Å². The predicted octanol–water partition coefficient (Wildman–Crippen LogP) is 0.369. The fraction of sp³-hybridized carbons (Fsp3) is 0.833. The molecule has 2 fully saturated rings. The molecule has 6 heteroatoms. The summed E-state index contributed by atoms with van der Waals surface area (Å²) in [6, 6.07) is 0. The molecule has 0 aromatic carbocycles. The van der Waals surface area contributed by atoms with Crippen LogP contribution in [0.5, 0.6) is 0 Å². The normalized spacial score (nSPS) is 26.3. The molecule has 1 N–H and O–H groups in total. The summed E-state index contributed by atoms with van der Waals surface area (Å²) in [5, 5.41) is 7.42. The van der Waals surface area contributed by atoms with Crippen LogP contribution in [0.1, 0.15) is 30.5 Å². The second-order valence-corrected chi connectivity index (χ2v) is 4.99. The molecular weight excluding hydrogens is 232 g/mol. The molecule has 2 saturated heterocycles. The molecule has 2 aliphatic heterocycles. The molecule has 3 heterocycles. The van der Waals surface area contributed by atoms with E-state index in [2.05, 4.69) is 20.4 Å². The molecule has 2 aliphatic rings. The van der Waals surface area contributed by atoms with E-state index in [1.807, 2.05) is 0 Å². The van der Waals surface area contributed by atoms with Gasteiger partial charge >= 0.3 is 0 Å². The third kappa shape index (κ3) is 2.88. The first kappa shape index (κ1) is 12.1. The Morgan fingerprint density at radius 1 is 1.33 bits per heavy atom. The van der Waals surface area contributed by atoms with Crippen molar-refractivity contribution < 1.29 is 9.26 Å². The van der Waals surface area contributed by atoms with Crippen molar-refractivity contribution in [3.63, 3.8) is 0 Å². The van der Waals surface area contributed by atoms with Crippen molar-refractivity contribution in [2.24, 2.45) is 0 Å². The van der Waals surface area contributed by atoms with Crippen molar-refractivity contribution in [3.8, 4) is 0 Å². The number of rotatable bonds is 3. The van der Waals surface area contributed by atoms with E-state index < -0.39 is 0 Å². The molecule has 1 atom stereocenters. The number of piperazine rings is 1. The maximum Gasteiger partial charge on any atom is 0.232 e. The molecule has 6 nitrogen and oxygen atoms in total. The lowest BCUT2D eigenvalue weighted by molar-refractivity contribution is 0.0705. The van der Waals surface area contributed by atoms with Crippen molar-refractivity contribution in [2.45, 2.75) is 25.3 Å². The fourth-order valence-corrected chi connectivity index (χ4v) is 2.50. The van der Waals surface area contributed by atoms with Crippen molar-refractivity contribution in [1.82, 2.24) is 20.4 Å². The number of hydrogen-bond acceptors (Lipinski definition) is 6. The summed E-state index contributed by atoms with van der Waals surface area (Å²) in [5.74, 6) is 1.85. The first-order valence-corrected chi connectivity index (χ1v) is 6.75. The summed E-state index contributed by atoms with van der Waals surface area (Å²) in [6.07, 6.45) is 2.18. The van der Waals surface area contributed by atoms with Crippen LogP contribution in [0.15, 0.2) is 4.52 Å². The molecule has 1 aromatic rings. The zero-order chi connectivity index (χ0) is 12.2. The van der Waals surface area contributed by atoms with Crippen LogP contribution in [-0.4, -0.2) is 54.4 Å². The fourth-order valence-electron chi connectivity index (χ4n) is 2.50. The summed E-state index contributed by atoms with van der Waals surface area (Å²) in [7, 11) is 0. The van der Waals surface area contributed by atoms with Crippen LogP contribution in [0.2, 0.25) is 0 Å². The van der Waals surface area contributed by atoms with Crippen molar-refractivity contribution in [2.75, 3.05) is 39.4 Å². The zero-order valence-electron chi connectivity index (χ0n) is 10.6. The molecule has 0 saturated carbocycles. The predicted molar refractivity (Wildman–Crippen MR) is 65.2 cm³/mol. The van der Waals surface area contributed by atoms with Crippen LogP contribution < -0.4 is 5.32 Å². The molecule has 1 unspecified atom stereocenters. The quantitative estimate of drug-likeness (QED) is 0.838. The lowest BCUT2D eigenvalue weighted by atomic mass is 10.0. The van der Waals surface area contributed by atoms with Crippen LogP contribution in [0, 0.1) is 0 Å². The van der Waals surface area contributed by atoms with Gasteiger partial charge in [-0.2, -0.15) is 4.98 Å². The highest BCUT2D eigenvalue weighted by Gasteiger charge is 2.22. The summed E-state index contributed by atoms with van der Waals surface area (Å²) >= 11 is 0. The van der Waals surface area contributed by atoms with E-state index in [0.717, 1.165) is 70.5 Å². The van der Waals surface area contributed by atoms with Crippen LogP contribution >= 0.6 is 0 Å². The molecule has 0 bridgehead atoms. The van der Waals surface area contributed by atoms with Gasteiger partial charge in [-0.05, 0) is 12.8 Å². The van der Waals surface area contributed by atoms with Gasteiger partial charge in [0.05, 0.1) is 19.1 Å². The molecule has 0 aliphatic carbocycles. The molecule has 100 valence electrons. The zero-order valence-corrected chi connectivity index (χ0v) is 10.6. The molecule has 0 amide bonds. The van der Waals surface area contributed by atoms with Gasteiger partial charge in [-0.15, -0.1) is 0 Å². The first-order chi connectivity index (χ1) is 8.92. The molecular formula is C12H20N4O2. The third-order valence-corrected chi connectivity index (χ3v) is 3.57. The smallest absolute Gasteiger partial charge is 0.232 e. The molecule has 18 heavy (non-hydrogen) atoms. The van der Waals surface area contributed by atoms with Gasteiger partial charge in [-0.3, -0.25) is 4.90 Å². The van der Waals surface area contributed by atoms with Gasteiger partial charge in [-0.1, -0.05) is 5.16 Å². The number of nitrogens with one attached hydrogen (secondary N) is 1. The third-order valence-electron chi connectivity index (χ3n) is 3.57. The molecule has 0 spiro atoms. The maximum absolute atomic E-state index is 5.45. The maximum atomic E-state index is 5.45. The first-order valence-electron chi connectivity index (χ1n) is 6.75. The summed E-state index contributed by atoms with van der Waals surface area (Å²) < 4.78 is 10.8. The van der Waals surface area contributed by atoms with Crippen LogP contribution in [0.3, 0.4) is 0 Å². The van der Waals surface area contributed by atoms with Crippen LogP contribution in [0.25, 0.3) is 0 Å².